The number of phenols is 1. The van der Waals surface area contributed by atoms with E-state index in [1.54, 1.807) is 0 Å². The van der Waals surface area contributed by atoms with Crippen molar-refractivity contribution in [1.29, 1.82) is 0 Å². The van der Waals surface area contributed by atoms with E-state index in [1.807, 2.05) is 0 Å². The van der Waals surface area contributed by atoms with Crippen molar-refractivity contribution in [3.63, 3.8) is 0 Å². The molecular formula is C31H24ClN7O16S5. The van der Waals surface area contributed by atoms with Crippen LogP contribution in [0, 0.1) is 0 Å². The van der Waals surface area contributed by atoms with Gasteiger partial charge in [-0.25, -0.2) is 12.6 Å². The van der Waals surface area contributed by atoms with Gasteiger partial charge >= 0.3 is 10.4 Å². The molecule has 29 heteroatoms. The fourth-order valence-corrected chi connectivity index (χ4v) is 9.26. The summed E-state index contributed by atoms with van der Waals surface area (Å²) in [4.78, 5) is 9.56. The summed E-state index contributed by atoms with van der Waals surface area (Å²) in [6, 6.07) is 14.4. The maximum Gasteiger partial charge on any atom is 0.397 e. The Morgan fingerprint density at radius 2 is 1.28 bits per heavy atom. The quantitative estimate of drug-likeness (QED) is 0.0571. The van der Waals surface area contributed by atoms with Crippen LogP contribution in [0.1, 0.15) is 0 Å². The lowest BCUT2D eigenvalue weighted by Gasteiger charge is -2.14. The number of aromatic hydroxyl groups is 1. The second-order valence-corrected chi connectivity index (χ2v) is 19.7. The van der Waals surface area contributed by atoms with Crippen molar-refractivity contribution in [3.05, 3.63) is 84.1 Å². The summed E-state index contributed by atoms with van der Waals surface area (Å²) in [5.41, 5.74) is -0.980. The zero-order valence-electron chi connectivity index (χ0n) is 29.3. The number of phenolic OH excluding ortho intramolecular Hbond substituents is 1. The number of fused-ring (bicyclic) bond motifs is 2. The molecule has 1 heterocycles. The Balaban J connectivity index is 1.36. The topological polar surface area (TPSA) is 369 Å². The summed E-state index contributed by atoms with van der Waals surface area (Å²) in [5.74, 6) is -2.12. The molecule has 0 saturated carbocycles. The Morgan fingerprint density at radius 3 is 1.90 bits per heavy atom. The molecule has 0 bridgehead atoms. The van der Waals surface area contributed by atoms with Crippen molar-refractivity contribution in [2.45, 2.75) is 19.6 Å². The first kappa shape index (κ1) is 44.0. The highest BCUT2D eigenvalue weighted by Gasteiger charge is 2.25. The van der Waals surface area contributed by atoms with E-state index in [0.717, 1.165) is 60.7 Å². The third-order valence-corrected chi connectivity index (χ3v) is 13.0. The fourth-order valence-electron chi connectivity index (χ4n) is 5.53. The van der Waals surface area contributed by atoms with Gasteiger partial charge in [-0.2, -0.15) is 48.6 Å². The molecule has 0 fully saturated rings. The van der Waals surface area contributed by atoms with Crippen LogP contribution in [0.2, 0.25) is 5.28 Å². The number of nitrogens with zero attached hydrogens (tertiary/aromatic N) is 5. The van der Waals surface area contributed by atoms with Crippen LogP contribution < -0.4 is 10.6 Å². The monoisotopic (exact) mass is 945 g/mol. The predicted molar refractivity (Wildman–Crippen MR) is 211 cm³/mol. The third-order valence-electron chi connectivity index (χ3n) is 8.00. The van der Waals surface area contributed by atoms with E-state index in [0.29, 0.717) is 0 Å². The van der Waals surface area contributed by atoms with Crippen LogP contribution in [0.3, 0.4) is 0 Å². The van der Waals surface area contributed by atoms with Crippen molar-refractivity contribution in [2.24, 2.45) is 10.2 Å². The molecule has 0 unspecified atom stereocenters. The van der Waals surface area contributed by atoms with Crippen LogP contribution in [-0.4, -0.2) is 92.7 Å². The average Bonchev–Trinajstić information content (AvgIpc) is 3.12. The smallest absolute Gasteiger partial charge is 0.397 e. The van der Waals surface area contributed by atoms with Gasteiger partial charge < -0.3 is 15.7 Å². The number of rotatable bonds is 14. The van der Waals surface area contributed by atoms with Gasteiger partial charge in [-0.1, -0.05) is 24.3 Å². The summed E-state index contributed by atoms with van der Waals surface area (Å²) in [5, 5.41) is 23.3. The lowest BCUT2D eigenvalue weighted by Crippen LogP contribution is -2.15. The second-order valence-electron chi connectivity index (χ2n) is 12.0. The van der Waals surface area contributed by atoms with Crippen molar-refractivity contribution in [2.75, 3.05) is 23.0 Å². The summed E-state index contributed by atoms with van der Waals surface area (Å²) >= 11 is 6.13. The van der Waals surface area contributed by atoms with Crippen LogP contribution in [0.4, 0.5) is 34.6 Å². The Morgan fingerprint density at radius 1 is 0.650 bits per heavy atom. The fraction of sp³-hybridized carbons (Fsp3) is 0.0645. The molecular weight excluding hydrogens is 922 g/mol. The molecule has 0 amide bonds. The van der Waals surface area contributed by atoms with Crippen molar-refractivity contribution < 1.29 is 69.6 Å². The molecule has 60 heavy (non-hydrogen) atoms. The summed E-state index contributed by atoms with van der Waals surface area (Å²) in [7, 11) is -23.8. The highest BCUT2D eigenvalue weighted by Crippen LogP contribution is 2.43. The minimum absolute atomic E-state index is 0.0239. The molecule has 5 aromatic carbocycles. The molecule has 7 N–H and O–H groups in total. The molecule has 6 rings (SSSR count). The molecule has 0 aliphatic rings. The normalized spacial score (nSPS) is 12.9. The third kappa shape index (κ3) is 10.1. The Hall–Kier alpha value is -5.53. The molecule has 23 nitrogen and oxygen atoms in total. The van der Waals surface area contributed by atoms with Gasteiger partial charge in [0.2, 0.25) is 17.2 Å². The number of hydrogen-bond donors (Lipinski definition) is 7. The Bertz CT molecular complexity index is 3340. The van der Waals surface area contributed by atoms with Gasteiger partial charge in [-0.3, -0.25) is 18.2 Å². The number of hydrogen-bond acceptors (Lipinski definition) is 19. The van der Waals surface area contributed by atoms with Crippen LogP contribution in [-0.2, 0) is 54.8 Å². The van der Waals surface area contributed by atoms with Gasteiger partial charge in [-0.05, 0) is 71.6 Å². The average molecular weight is 946 g/mol. The van der Waals surface area contributed by atoms with Gasteiger partial charge in [-0.15, -0.1) is 10.2 Å². The lowest BCUT2D eigenvalue weighted by atomic mass is 10.1. The number of nitrogens with one attached hydrogen (secondary N) is 2. The van der Waals surface area contributed by atoms with Gasteiger partial charge in [0.15, 0.2) is 15.6 Å². The Kier molecular flexibility index (Phi) is 11.9. The van der Waals surface area contributed by atoms with Crippen LogP contribution in [0.15, 0.2) is 109 Å². The number of sulfone groups is 1. The zero-order valence-corrected chi connectivity index (χ0v) is 34.1. The maximum absolute atomic E-state index is 12.5. The molecule has 0 atom stereocenters. The minimum atomic E-state index is -5.14. The number of anilines is 4. The molecule has 6 aromatic rings. The van der Waals surface area contributed by atoms with E-state index in [9.17, 15) is 60.9 Å². The number of halogens is 1. The summed E-state index contributed by atoms with van der Waals surface area (Å²) in [6.45, 7) is -0.847. The number of aromatic nitrogens is 3. The molecule has 0 spiro atoms. The van der Waals surface area contributed by atoms with Crippen LogP contribution in [0.5, 0.6) is 5.75 Å². The molecule has 316 valence electrons. The van der Waals surface area contributed by atoms with E-state index < -0.39 is 94.4 Å². The van der Waals surface area contributed by atoms with Crippen molar-refractivity contribution >= 4 is 118 Å². The molecule has 0 aliphatic heterocycles. The largest absolute Gasteiger partial charge is 0.505 e. The first-order valence-electron chi connectivity index (χ1n) is 15.9. The van der Waals surface area contributed by atoms with Gasteiger partial charge in [0.05, 0.1) is 27.8 Å². The highest BCUT2D eigenvalue weighted by atomic mass is 35.5. The van der Waals surface area contributed by atoms with Crippen LogP contribution >= 0.6 is 11.6 Å². The summed E-state index contributed by atoms with van der Waals surface area (Å²) < 4.78 is 162. The first-order chi connectivity index (χ1) is 27.8. The van der Waals surface area contributed by atoms with Gasteiger partial charge in [0.1, 0.15) is 21.2 Å². The summed E-state index contributed by atoms with van der Waals surface area (Å²) in [6.07, 6.45) is 0. The SMILES string of the molecule is O=S(=O)(O)OCCS(=O)(=O)c1ccc(Nc2nc(Cl)nc(Nc3cc(S(=O)(=O)O)cc4ccc(/N=N/c5ccc6c(S(=O)(=O)O)cccc6c5S(=O)(=O)O)c(O)c34)n2)cc1. The maximum atomic E-state index is 12.5. The molecule has 0 radical (unpaired) electrons. The molecule has 1 aromatic heterocycles. The van der Waals surface area contributed by atoms with E-state index in [1.165, 1.54) is 18.2 Å². The second kappa shape index (κ2) is 16.2. The van der Waals surface area contributed by atoms with E-state index in [2.05, 4.69) is 40.0 Å². The van der Waals surface area contributed by atoms with Gasteiger partial charge in [0, 0.05) is 21.8 Å². The number of azo groups is 1. The molecule has 0 saturated heterocycles. The van der Waals surface area contributed by atoms with E-state index in [-0.39, 0.29) is 55.4 Å². The molecule has 0 aliphatic carbocycles. The van der Waals surface area contributed by atoms with E-state index >= 15 is 0 Å². The Labute approximate surface area is 343 Å². The van der Waals surface area contributed by atoms with E-state index in [4.69, 9.17) is 16.2 Å². The minimum Gasteiger partial charge on any atom is -0.505 e. The standard InChI is InChI=1S/C31H24ClN7O16S5/c32-29-35-30(33-17-5-7-18(8-6-17)56(41,42)13-12-55-60(52,53)54)37-31(36-29)34-24-15-19(57(43,44)45)14-16-4-10-22(27(40)26(16)24)38-39-23-11-9-20-21(28(23)59(49,50)51)2-1-3-25(20)58(46,47)48/h1-11,14-15,40H,12-13H2,(H,43,44,45)(H,46,47,48)(H,49,50,51)(H,52,53,54)(H2,33,34,35,36,37)/b39-38+. The highest BCUT2D eigenvalue weighted by molar-refractivity contribution is 7.91. The zero-order chi connectivity index (χ0) is 44.0. The van der Waals surface area contributed by atoms with Crippen molar-refractivity contribution in [3.8, 4) is 5.75 Å². The van der Waals surface area contributed by atoms with Gasteiger partial charge in [0.25, 0.3) is 30.4 Å². The van der Waals surface area contributed by atoms with Crippen molar-refractivity contribution in [1.82, 2.24) is 15.0 Å². The first-order valence-corrected chi connectivity index (χ1v) is 23.6. The predicted octanol–water partition coefficient (Wildman–Crippen LogP) is 4.77. The van der Waals surface area contributed by atoms with Crippen LogP contribution in [0.25, 0.3) is 21.5 Å². The lowest BCUT2D eigenvalue weighted by molar-refractivity contribution is 0.284. The number of benzene rings is 5.